The molecule has 1 aromatic rings. The third-order valence-corrected chi connectivity index (χ3v) is 2.80. The van der Waals surface area contributed by atoms with Gasteiger partial charge in [0.15, 0.2) is 5.84 Å². The molecule has 0 aliphatic rings. The van der Waals surface area contributed by atoms with Gasteiger partial charge in [-0.05, 0) is 30.0 Å². The van der Waals surface area contributed by atoms with Crippen molar-refractivity contribution < 1.29 is 23.1 Å². The van der Waals surface area contributed by atoms with E-state index in [-0.39, 0.29) is 29.2 Å². The highest BCUT2D eigenvalue weighted by molar-refractivity contribution is 5.97. The summed E-state index contributed by atoms with van der Waals surface area (Å²) in [6.07, 6.45) is -3.96. The van der Waals surface area contributed by atoms with Crippen molar-refractivity contribution in [3.05, 3.63) is 29.3 Å². The van der Waals surface area contributed by atoms with Crippen LogP contribution in [-0.2, 0) is 6.18 Å². The van der Waals surface area contributed by atoms with Crippen LogP contribution < -0.4 is 10.5 Å². The summed E-state index contributed by atoms with van der Waals surface area (Å²) in [5, 5.41) is 11.2. The molecule has 0 aliphatic carbocycles. The largest absolute Gasteiger partial charge is 0.493 e. The molecule has 1 rings (SSSR count). The average Bonchev–Trinajstić information content (AvgIpc) is 2.35. The van der Waals surface area contributed by atoms with E-state index in [4.69, 9.17) is 15.7 Å². The minimum Gasteiger partial charge on any atom is -0.493 e. The molecule has 1 aromatic carbocycles. The lowest BCUT2D eigenvalue weighted by Crippen LogP contribution is -2.17. The molecule has 0 radical (unpaired) electrons. The van der Waals surface area contributed by atoms with Crippen LogP contribution in [0.25, 0.3) is 0 Å². The summed E-state index contributed by atoms with van der Waals surface area (Å²) in [7, 11) is 0. The van der Waals surface area contributed by atoms with Crippen LogP contribution in [0.1, 0.15) is 38.3 Å². The number of amidine groups is 1. The molecule has 0 aromatic heterocycles. The van der Waals surface area contributed by atoms with E-state index in [1.807, 2.05) is 20.8 Å². The van der Waals surface area contributed by atoms with Gasteiger partial charge in [0.25, 0.3) is 0 Å². The second-order valence-corrected chi connectivity index (χ2v) is 5.85. The van der Waals surface area contributed by atoms with Crippen LogP contribution in [0.2, 0.25) is 0 Å². The Morgan fingerprint density at radius 1 is 1.29 bits per heavy atom. The highest BCUT2D eigenvalue weighted by atomic mass is 19.4. The zero-order valence-electron chi connectivity index (χ0n) is 12.2. The van der Waals surface area contributed by atoms with Gasteiger partial charge in [0, 0.05) is 5.56 Å². The van der Waals surface area contributed by atoms with Crippen molar-refractivity contribution in [3.8, 4) is 5.75 Å². The van der Waals surface area contributed by atoms with Crippen LogP contribution in [0.4, 0.5) is 13.2 Å². The Kier molecular flexibility index (Phi) is 5.09. The topological polar surface area (TPSA) is 67.8 Å². The fourth-order valence-corrected chi connectivity index (χ4v) is 1.56. The van der Waals surface area contributed by atoms with E-state index in [1.54, 1.807) is 0 Å². The number of alkyl halides is 3. The molecular weight excluding hydrogens is 285 g/mol. The van der Waals surface area contributed by atoms with E-state index in [9.17, 15) is 13.2 Å². The first-order valence-corrected chi connectivity index (χ1v) is 6.36. The van der Waals surface area contributed by atoms with Gasteiger partial charge in [0.05, 0.1) is 12.2 Å². The van der Waals surface area contributed by atoms with E-state index in [0.717, 1.165) is 6.07 Å². The van der Waals surface area contributed by atoms with Crippen LogP contribution >= 0.6 is 0 Å². The quantitative estimate of drug-likeness (QED) is 0.386. The molecule has 0 aliphatic heterocycles. The molecule has 0 atom stereocenters. The number of nitrogens with zero attached hydrogens (tertiary/aromatic N) is 1. The highest BCUT2D eigenvalue weighted by Gasteiger charge is 2.35. The first-order chi connectivity index (χ1) is 9.54. The maximum Gasteiger partial charge on any atom is 0.419 e. The number of benzene rings is 1. The summed E-state index contributed by atoms with van der Waals surface area (Å²) in [6, 6.07) is 3.30. The molecule has 7 heteroatoms. The zero-order chi connectivity index (χ0) is 16.3. The molecular formula is C14H19F3N2O2. The summed E-state index contributed by atoms with van der Waals surface area (Å²) in [5.41, 5.74) is 4.31. The Morgan fingerprint density at radius 3 is 2.38 bits per heavy atom. The van der Waals surface area contributed by atoms with Gasteiger partial charge in [-0.25, -0.2) is 0 Å². The molecule has 0 amide bonds. The predicted molar refractivity (Wildman–Crippen MR) is 73.5 cm³/mol. The Hall–Kier alpha value is -1.92. The molecule has 0 saturated carbocycles. The van der Waals surface area contributed by atoms with E-state index < -0.39 is 11.7 Å². The van der Waals surface area contributed by atoms with E-state index in [2.05, 4.69) is 5.16 Å². The Morgan fingerprint density at radius 2 is 1.90 bits per heavy atom. The fourth-order valence-electron chi connectivity index (χ4n) is 1.56. The predicted octanol–water partition coefficient (Wildman–Crippen LogP) is 3.61. The molecule has 4 nitrogen and oxygen atoms in total. The van der Waals surface area contributed by atoms with Crippen LogP contribution in [-0.4, -0.2) is 17.6 Å². The van der Waals surface area contributed by atoms with Crippen LogP contribution in [0.15, 0.2) is 23.4 Å². The summed E-state index contributed by atoms with van der Waals surface area (Å²) < 4.78 is 44.3. The lowest BCUT2D eigenvalue weighted by molar-refractivity contribution is -0.139. The van der Waals surface area contributed by atoms with Gasteiger partial charge in [-0.1, -0.05) is 25.9 Å². The van der Waals surface area contributed by atoms with E-state index >= 15 is 0 Å². The molecule has 21 heavy (non-hydrogen) atoms. The molecule has 0 bridgehead atoms. The second kappa shape index (κ2) is 6.24. The molecule has 0 spiro atoms. The molecule has 0 fully saturated rings. The summed E-state index contributed by atoms with van der Waals surface area (Å²) >= 11 is 0. The van der Waals surface area contributed by atoms with Crippen molar-refractivity contribution in [2.75, 3.05) is 6.61 Å². The normalized spacial score (nSPS) is 13.3. The molecule has 0 unspecified atom stereocenters. The minimum absolute atomic E-state index is 0.0204. The zero-order valence-corrected chi connectivity index (χ0v) is 12.2. The van der Waals surface area contributed by atoms with Crippen molar-refractivity contribution in [1.82, 2.24) is 0 Å². The summed E-state index contributed by atoms with van der Waals surface area (Å²) in [4.78, 5) is 0. The van der Waals surface area contributed by atoms with Gasteiger partial charge in [-0.15, -0.1) is 0 Å². The number of rotatable bonds is 4. The van der Waals surface area contributed by atoms with Crippen molar-refractivity contribution in [3.63, 3.8) is 0 Å². The van der Waals surface area contributed by atoms with Gasteiger partial charge in [-0.3, -0.25) is 0 Å². The van der Waals surface area contributed by atoms with Crippen LogP contribution in [0.3, 0.4) is 0 Å². The third kappa shape index (κ3) is 5.17. The second-order valence-electron chi connectivity index (χ2n) is 5.85. The van der Waals surface area contributed by atoms with Crippen molar-refractivity contribution in [1.29, 1.82) is 0 Å². The molecule has 0 saturated heterocycles. The molecule has 3 N–H and O–H groups in total. The van der Waals surface area contributed by atoms with E-state index in [1.165, 1.54) is 12.1 Å². The summed E-state index contributed by atoms with van der Waals surface area (Å²) in [5.74, 6) is -0.650. The number of nitrogens with two attached hydrogens (primary N) is 1. The number of hydrogen-bond acceptors (Lipinski definition) is 3. The smallest absolute Gasteiger partial charge is 0.419 e. The maximum atomic E-state index is 13.0. The first-order valence-electron chi connectivity index (χ1n) is 6.36. The highest BCUT2D eigenvalue weighted by Crippen LogP contribution is 2.37. The Labute approximate surface area is 121 Å². The lowest BCUT2D eigenvalue weighted by atomic mass is 9.93. The fraction of sp³-hybridized carbons (Fsp3) is 0.500. The van der Waals surface area contributed by atoms with Crippen molar-refractivity contribution >= 4 is 5.84 Å². The van der Waals surface area contributed by atoms with Crippen molar-refractivity contribution in [2.45, 2.75) is 33.4 Å². The number of oxime groups is 1. The minimum atomic E-state index is -4.58. The monoisotopic (exact) mass is 304 g/mol. The number of hydrogen-bond donors (Lipinski definition) is 2. The summed E-state index contributed by atoms with van der Waals surface area (Å²) in [6.45, 7) is 6.10. The van der Waals surface area contributed by atoms with Gasteiger partial charge in [0.1, 0.15) is 5.75 Å². The third-order valence-electron chi connectivity index (χ3n) is 2.80. The Bertz CT molecular complexity index is 520. The van der Waals surface area contributed by atoms with Gasteiger partial charge < -0.3 is 15.7 Å². The maximum absolute atomic E-state index is 13.0. The first kappa shape index (κ1) is 17.1. The SMILES string of the molecule is CC(C)(C)CCOc1ccc(/C(N)=N/O)cc1C(F)(F)F. The number of halogens is 3. The van der Waals surface area contributed by atoms with Gasteiger partial charge in [-0.2, -0.15) is 13.2 Å². The Balaban J connectivity index is 3.03. The van der Waals surface area contributed by atoms with Crippen molar-refractivity contribution in [2.24, 2.45) is 16.3 Å². The van der Waals surface area contributed by atoms with Gasteiger partial charge in [0.2, 0.25) is 0 Å². The molecule has 118 valence electrons. The van der Waals surface area contributed by atoms with Crippen LogP contribution in [0.5, 0.6) is 5.75 Å². The van der Waals surface area contributed by atoms with Gasteiger partial charge >= 0.3 is 6.18 Å². The van der Waals surface area contributed by atoms with Crippen LogP contribution in [0, 0.1) is 5.41 Å². The lowest BCUT2D eigenvalue weighted by Gasteiger charge is -2.20. The standard InChI is InChI=1S/C14H19F3N2O2/c1-13(2,3)6-7-21-11-5-4-9(12(18)19-20)8-10(11)14(15,16)17/h4-5,8,20H,6-7H2,1-3H3,(H2,18,19). The molecule has 0 heterocycles. The number of ether oxygens (including phenoxy) is 1. The van der Waals surface area contributed by atoms with E-state index in [0.29, 0.717) is 6.42 Å². The average molecular weight is 304 g/mol.